The molecule has 60 heavy (non-hydrogen) atoms. The fourth-order valence-corrected chi connectivity index (χ4v) is 15.9. The van der Waals surface area contributed by atoms with Crippen molar-refractivity contribution in [1.82, 2.24) is 0 Å². The van der Waals surface area contributed by atoms with Crippen molar-refractivity contribution in [1.29, 1.82) is 0 Å². The zero-order valence-corrected chi connectivity index (χ0v) is 42.0. The Hall–Kier alpha value is 0. The van der Waals surface area contributed by atoms with E-state index >= 15 is 0 Å². The Labute approximate surface area is 379 Å². The summed E-state index contributed by atoms with van der Waals surface area (Å²) >= 11 is 0. The lowest BCUT2D eigenvalue weighted by Gasteiger charge is -2.42. The highest BCUT2D eigenvalue weighted by molar-refractivity contribution is 4.88. The molecule has 0 N–H and O–H groups in total. The molecule has 0 aromatic heterocycles. The highest BCUT2D eigenvalue weighted by atomic mass is 14.4. The Morgan fingerprint density at radius 2 is 0.367 bits per heavy atom. The van der Waals surface area contributed by atoms with Crippen LogP contribution in [0.5, 0.6) is 0 Å². The summed E-state index contributed by atoms with van der Waals surface area (Å²) in [5, 5.41) is 0. The molecule has 0 bridgehead atoms. The topological polar surface area (TPSA) is 0 Å². The van der Waals surface area contributed by atoms with Crippen LogP contribution in [0.1, 0.15) is 310 Å². The van der Waals surface area contributed by atoms with Crippen LogP contribution < -0.4 is 0 Å². The normalized spacial score (nSPS) is 35.8. The highest BCUT2D eigenvalue weighted by Gasteiger charge is 2.37. The molecule has 7 fully saturated rings. The van der Waals surface area contributed by atoms with Crippen molar-refractivity contribution >= 4 is 0 Å². The van der Waals surface area contributed by atoms with Gasteiger partial charge >= 0.3 is 0 Å². The van der Waals surface area contributed by atoms with Gasteiger partial charge in [-0.2, -0.15) is 0 Å². The maximum Gasteiger partial charge on any atom is -0.0380 e. The molecule has 0 amide bonds. The minimum Gasteiger partial charge on any atom is -0.0683 e. The first-order chi connectivity index (χ1) is 29.6. The second-order valence-electron chi connectivity index (χ2n) is 23.9. The number of rotatable bonds is 5. The first kappa shape index (κ1) is 51.0. The zero-order valence-electron chi connectivity index (χ0n) is 42.0. The Bertz CT molecular complexity index is 970. The van der Waals surface area contributed by atoms with Gasteiger partial charge in [0.05, 0.1) is 0 Å². The highest BCUT2D eigenvalue weighted by Crippen LogP contribution is 2.49. The van der Waals surface area contributed by atoms with E-state index in [0.29, 0.717) is 0 Å². The molecule has 0 heterocycles. The monoisotopic (exact) mass is 833 g/mol. The molecule has 0 saturated heterocycles. The Balaban J connectivity index is 0.000000544. The van der Waals surface area contributed by atoms with Crippen molar-refractivity contribution in [2.45, 2.75) is 310 Å². The molecule has 7 rings (SSSR count). The van der Waals surface area contributed by atoms with Crippen LogP contribution in [0, 0.1) is 71.0 Å². The predicted molar refractivity (Wildman–Crippen MR) is 268 cm³/mol. The van der Waals surface area contributed by atoms with E-state index < -0.39 is 0 Å². The molecule has 0 radical (unpaired) electrons. The van der Waals surface area contributed by atoms with Gasteiger partial charge in [-0.1, -0.05) is 285 Å². The van der Waals surface area contributed by atoms with E-state index in [0.717, 1.165) is 71.0 Å². The molecule has 0 nitrogen and oxygen atoms in total. The van der Waals surface area contributed by atoms with Crippen molar-refractivity contribution in [3.05, 3.63) is 0 Å². The van der Waals surface area contributed by atoms with E-state index in [1.807, 2.05) is 13.8 Å². The van der Waals surface area contributed by atoms with Gasteiger partial charge in [0, 0.05) is 0 Å². The Kier molecular flexibility index (Phi) is 26.4. The van der Waals surface area contributed by atoms with Gasteiger partial charge in [-0.05, 0) is 96.7 Å². The summed E-state index contributed by atoms with van der Waals surface area (Å²) in [6.45, 7) is 9.12. The first-order valence-corrected chi connectivity index (χ1v) is 29.6. The van der Waals surface area contributed by atoms with E-state index in [1.165, 1.54) is 116 Å². The van der Waals surface area contributed by atoms with Gasteiger partial charge in [-0.15, -0.1) is 0 Å². The van der Waals surface area contributed by atoms with Crippen molar-refractivity contribution in [3.8, 4) is 0 Å². The Morgan fingerprint density at radius 1 is 0.167 bits per heavy atom. The van der Waals surface area contributed by atoms with Gasteiger partial charge in [-0.3, -0.25) is 0 Å². The van der Waals surface area contributed by atoms with Gasteiger partial charge in [0.2, 0.25) is 0 Å². The molecular formula is C60H112. The molecule has 0 aromatic rings. The van der Waals surface area contributed by atoms with E-state index in [2.05, 4.69) is 13.8 Å². The van der Waals surface area contributed by atoms with E-state index in [9.17, 15) is 0 Å². The SMILES string of the molecule is CC.CC1CC(C2CCCC(C3CCCCCCC3)CCC2)CCCC(C2CCCC(C3CCCCCCC3)CC(C3CCCCCCC3)C2)C1.CC1CCCCCCC1. The lowest BCUT2D eigenvalue weighted by molar-refractivity contribution is 0.0844. The average Bonchev–Trinajstić information content (AvgIpc) is 3.17. The lowest BCUT2D eigenvalue weighted by Crippen LogP contribution is -2.32. The van der Waals surface area contributed by atoms with E-state index in [4.69, 9.17) is 0 Å². The van der Waals surface area contributed by atoms with Gasteiger partial charge in [-0.25, -0.2) is 0 Å². The molecule has 7 aliphatic rings. The largest absolute Gasteiger partial charge is 0.0683 e. The molecule has 0 aromatic carbocycles. The molecule has 7 saturated carbocycles. The van der Waals surface area contributed by atoms with E-state index in [-0.39, 0.29) is 0 Å². The van der Waals surface area contributed by atoms with E-state index in [1.54, 1.807) is 167 Å². The van der Waals surface area contributed by atoms with Gasteiger partial charge in [0.1, 0.15) is 0 Å². The van der Waals surface area contributed by atoms with Crippen molar-refractivity contribution in [2.75, 3.05) is 0 Å². The summed E-state index contributed by atoms with van der Waals surface area (Å²) in [6.07, 6.45) is 68.2. The molecule has 0 heteroatoms. The minimum absolute atomic E-state index is 0.969. The second kappa shape index (κ2) is 31.0. The standard InChI is InChI=1S/C49H88.C9H18.C2H6/c1-39-35-45(43-29-17-27-41(28-18-30-43)40-21-11-5-2-6-12-22-40)31-19-32-46(36-39)48-34-20-33-47(42-23-13-7-3-8-14-24-42)37-49(38-48)44-25-15-9-4-10-16-26-44;1-9-7-5-3-2-4-6-8-9;1-2/h39-49H,2-38H2,1H3;9H,2-8H2,1H3;1-2H3. The summed E-state index contributed by atoms with van der Waals surface area (Å²) in [5.41, 5.74) is 0. The van der Waals surface area contributed by atoms with Gasteiger partial charge in [0.15, 0.2) is 0 Å². The van der Waals surface area contributed by atoms with Crippen LogP contribution in [0.2, 0.25) is 0 Å². The first-order valence-electron chi connectivity index (χ1n) is 29.6. The molecule has 6 atom stereocenters. The summed E-state index contributed by atoms with van der Waals surface area (Å²) in [4.78, 5) is 0. The van der Waals surface area contributed by atoms with Gasteiger partial charge < -0.3 is 0 Å². The van der Waals surface area contributed by atoms with Crippen molar-refractivity contribution in [2.24, 2.45) is 71.0 Å². The predicted octanol–water partition coefficient (Wildman–Crippen LogP) is 20.7. The smallest absolute Gasteiger partial charge is 0.0380 e. The second-order valence-corrected chi connectivity index (χ2v) is 23.9. The summed E-state index contributed by atoms with van der Waals surface area (Å²) < 4.78 is 0. The van der Waals surface area contributed by atoms with Crippen LogP contribution in [-0.2, 0) is 0 Å². The molecule has 0 aliphatic heterocycles. The van der Waals surface area contributed by atoms with Crippen LogP contribution in [0.4, 0.5) is 0 Å². The molecule has 6 unspecified atom stereocenters. The maximum absolute atomic E-state index is 2.72. The third kappa shape index (κ3) is 18.8. The summed E-state index contributed by atoms with van der Waals surface area (Å²) in [7, 11) is 0. The third-order valence-corrected chi connectivity index (χ3v) is 19.4. The quantitative estimate of drug-likeness (QED) is 0.259. The van der Waals surface area contributed by atoms with Crippen molar-refractivity contribution in [3.63, 3.8) is 0 Å². The van der Waals surface area contributed by atoms with Crippen LogP contribution in [-0.4, -0.2) is 0 Å². The number of hydrogen-bond donors (Lipinski definition) is 0. The molecule has 352 valence electrons. The molecular weight excluding hydrogens is 721 g/mol. The molecule has 7 aliphatic carbocycles. The zero-order chi connectivity index (χ0) is 42.0. The maximum atomic E-state index is 2.72. The average molecular weight is 834 g/mol. The fraction of sp³-hybridized carbons (Fsp3) is 1.00. The minimum atomic E-state index is 0.969. The lowest BCUT2D eigenvalue weighted by atomic mass is 9.63. The summed E-state index contributed by atoms with van der Waals surface area (Å²) in [5.74, 6) is 12.7. The van der Waals surface area contributed by atoms with Crippen LogP contribution in [0.3, 0.4) is 0 Å². The summed E-state index contributed by atoms with van der Waals surface area (Å²) in [6, 6.07) is 0. The van der Waals surface area contributed by atoms with Crippen LogP contribution in [0.15, 0.2) is 0 Å². The molecule has 0 spiro atoms. The Morgan fingerprint density at radius 3 is 0.717 bits per heavy atom. The fourth-order valence-electron chi connectivity index (χ4n) is 15.9. The third-order valence-electron chi connectivity index (χ3n) is 19.4. The van der Waals surface area contributed by atoms with Crippen LogP contribution in [0.25, 0.3) is 0 Å². The van der Waals surface area contributed by atoms with Crippen LogP contribution >= 0.6 is 0 Å². The van der Waals surface area contributed by atoms with Crippen molar-refractivity contribution < 1.29 is 0 Å². The van der Waals surface area contributed by atoms with Gasteiger partial charge in [0.25, 0.3) is 0 Å². The number of hydrogen-bond acceptors (Lipinski definition) is 0.